The topological polar surface area (TPSA) is 102 Å². The zero-order chi connectivity index (χ0) is 32.5. The van der Waals surface area contributed by atoms with Crippen molar-refractivity contribution in [3.8, 4) is 23.0 Å². The molecular weight excluding hydrogens is 633 g/mol. The molecule has 46 heavy (non-hydrogen) atoms. The molecule has 5 heterocycles. The van der Waals surface area contributed by atoms with Gasteiger partial charge in [-0.1, -0.05) is 11.6 Å². The molecule has 1 aliphatic carbocycles. The number of nitrogen functional groups attached to an aromatic ring is 1. The molecule has 4 atom stereocenters. The average Bonchev–Trinajstić information content (AvgIpc) is 3.67. The van der Waals surface area contributed by atoms with Crippen LogP contribution in [-0.4, -0.2) is 83.5 Å². The van der Waals surface area contributed by atoms with Crippen molar-refractivity contribution in [2.45, 2.75) is 75.5 Å². The number of halogens is 6. The van der Waals surface area contributed by atoms with Crippen LogP contribution in [-0.2, 0) is 6.18 Å². The van der Waals surface area contributed by atoms with E-state index in [2.05, 4.69) is 20.2 Å². The minimum atomic E-state index is -4.90. The van der Waals surface area contributed by atoms with Crippen molar-refractivity contribution in [3.63, 3.8) is 0 Å². The Balaban J connectivity index is 1.46. The maximum atomic E-state index is 17.0. The van der Waals surface area contributed by atoms with Gasteiger partial charge in [0.1, 0.15) is 36.0 Å². The highest BCUT2D eigenvalue weighted by atomic mass is 35.5. The van der Waals surface area contributed by atoms with Crippen molar-refractivity contribution in [1.82, 2.24) is 25.2 Å². The summed E-state index contributed by atoms with van der Waals surface area (Å²) in [7, 11) is 1.82. The maximum Gasteiger partial charge on any atom is 0.418 e. The number of anilines is 2. The number of alkyl halides is 4. The molecule has 15 heteroatoms. The second-order valence-corrected chi connectivity index (χ2v) is 13.2. The Morgan fingerprint density at radius 1 is 1.24 bits per heavy atom. The van der Waals surface area contributed by atoms with Gasteiger partial charge in [0, 0.05) is 38.5 Å². The van der Waals surface area contributed by atoms with E-state index in [0.717, 1.165) is 31.9 Å². The number of nitrogens with two attached hydrogens (primary N) is 1. The first-order valence-electron chi connectivity index (χ1n) is 15.6. The molecule has 3 fully saturated rings. The van der Waals surface area contributed by atoms with Gasteiger partial charge in [0.2, 0.25) is 0 Å². The number of ether oxygens (including phenoxy) is 2. The Labute approximate surface area is 267 Å². The highest BCUT2D eigenvalue weighted by molar-refractivity contribution is 6.36. The molecule has 2 aromatic heterocycles. The normalized spacial score (nSPS) is 25.9. The van der Waals surface area contributed by atoms with Crippen molar-refractivity contribution < 1.29 is 31.4 Å². The molecule has 3 aromatic rings. The van der Waals surface area contributed by atoms with Crippen molar-refractivity contribution in [2.24, 2.45) is 0 Å². The quantitative estimate of drug-likeness (QED) is 0.308. The number of nitrogens with zero attached hydrogens (tertiary/aromatic N) is 5. The number of hydrogen-bond donors (Lipinski definition) is 2. The lowest BCUT2D eigenvalue weighted by atomic mass is 9.95. The second kappa shape index (κ2) is 11.5. The molecule has 2 unspecified atom stereocenters. The molecule has 2 bridgehead atoms. The van der Waals surface area contributed by atoms with Crippen LogP contribution in [0.4, 0.5) is 33.6 Å². The summed E-state index contributed by atoms with van der Waals surface area (Å²) in [6, 6.07) is 0.914. The zero-order valence-corrected chi connectivity index (χ0v) is 26.2. The molecule has 3 aliphatic heterocycles. The fourth-order valence-electron chi connectivity index (χ4n) is 7.88. The van der Waals surface area contributed by atoms with Gasteiger partial charge in [-0.25, -0.2) is 13.8 Å². The predicted molar refractivity (Wildman–Crippen MR) is 164 cm³/mol. The van der Waals surface area contributed by atoms with Gasteiger partial charge in [0.05, 0.1) is 32.8 Å². The van der Waals surface area contributed by atoms with Crippen LogP contribution in [0.5, 0.6) is 11.8 Å². The standard InChI is InChI=1S/C31H35ClF5N7O2/c1-15-10-19(38)40-25(22(15)31(35,36)37)20-23(32)27-21-26(24(20)34)41-29(45-14-30-6-3-8-43(30)13-16(33)12-30)42-28(21)44(9-7-39-2)17-4-5-18(11-17)46-27/h10,16-18,39H,3-9,11-14H2,1-2H3,(H2,38,40)/t16-,17?,18?,30+/m1/s1. The van der Waals surface area contributed by atoms with Gasteiger partial charge in [0.25, 0.3) is 0 Å². The number of aryl methyl sites for hydroxylation is 1. The monoisotopic (exact) mass is 667 g/mol. The number of aromatic nitrogens is 3. The summed E-state index contributed by atoms with van der Waals surface area (Å²) < 4.78 is 87.4. The van der Waals surface area contributed by atoms with E-state index in [1.54, 1.807) is 0 Å². The highest BCUT2D eigenvalue weighted by Gasteiger charge is 2.50. The van der Waals surface area contributed by atoms with Gasteiger partial charge in [-0.3, -0.25) is 4.90 Å². The first kappa shape index (κ1) is 31.4. The van der Waals surface area contributed by atoms with Gasteiger partial charge in [0.15, 0.2) is 11.6 Å². The van der Waals surface area contributed by atoms with E-state index in [-0.39, 0.29) is 57.8 Å². The van der Waals surface area contributed by atoms with Crippen LogP contribution in [0, 0.1) is 12.7 Å². The largest absolute Gasteiger partial charge is 0.488 e. The van der Waals surface area contributed by atoms with Crippen LogP contribution >= 0.6 is 11.6 Å². The van der Waals surface area contributed by atoms with E-state index < -0.39 is 40.5 Å². The summed E-state index contributed by atoms with van der Waals surface area (Å²) >= 11 is 6.86. The van der Waals surface area contributed by atoms with Crippen molar-refractivity contribution in [1.29, 1.82) is 0 Å². The molecule has 1 saturated carbocycles. The highest BCUT2D eigenvalue weighted by Crippen LogP contribution is 2.52. The number of hydrogen-bond acceptors (Lipinski definition) is 9. The molecule has 2 saturated heterocycles. The van der Waals surface area contributed by atoms with E-state index in [4.69, 9.17) is 31.8 Å². The average molecular weight is 668 g/mol. The van der Waals surface area contributed by atoms with Gasteiger partial charge in [-0.05, 0) is 57.8 Å². The number of fused-ring (bicyclic) bond motifs is 3. The smallest absolute Gasteiger partial charge is 0.418 e. The fraction of sp³-hybridized carbons (Fsp3) is 0.581. The van der Waals surface area contributed by atoms with Crippen LogP contribution in [0.2, 0.25) is 5.02 Å². The van der Waals surface area contributed by atoms with Gasteiger partial charge >= 0.3 is 12.2 Å². The first-order chi connectivity index (χ1) is 21.9. The summed E-state index contributed by atoms with van der Waals surface area (Å²) in [6.07, 6.45) is -2.25. The Morgan fingerprint density at radius 3 is 2.80 bits per heavy atom. The molecule has 9 nitrogen and oxygen atoms in total. The lowest BCUT2D eigenvalue weighted by molar-refractivity contribution is -0.137. The second-order valence-electron chi connectivity index (χ2n) is 12.8. The predicted octanol–water partition coefficient (Wildman–Crippen LogP) is 5.69. The molecule has 0 radical (unpaired) electrons. The van der Waals surface area contributed by atoms with E-state index in [9.17, 15) is 17.6 Å². The molecule has 4 aliphatic rings. The Hall–Kier alpha value is -3.23. The number of likely N-dealkylation sites (N-methyl/N-ethyl adjacent to an activating group) is 1. The summed E-state index contributed by atoms with van der Waals surface area (Å²) in [4.78, 5) is 17.3. The molecular formula is C31H35ClF5N7O2. The number of pyridine rings is 1. The summed E-state index contributed by atoms with van der Waals surface area (Å²) in [5, 5.41) is 2.91. The summed E-state index contributed by atoms with van der Waals surface area (Å²) in [5.74, 6) is -1.06. The summed E-state index contributed by atoms with van der Waals surface area (Å²) in [6.45, 7) is 3.45. The van der Waals surface area contributed by atoms with Crippen molar-refractivity contribution in [2.75, 3.05) is 50.5 Å². The number of rotatable bonds is 7. The SMILES string of the molecule is CNCCN1c2nc(OC[C@@]34CCCN3C[C@H](F)C4)nc3c(F)c(-c4nc(N)cc(C)c4C(F)(F)F)c(Cl)c(c23)OC2CCC1C2. The van der Waals surface area contributed by atoms with Crippen molar-refractivity contribution >= 4 is 34.1 Å². The Kier molecular flexibility index (Phi) is 7.83. The fourth-order valence-corrected chi connectivity index (χ4v) is 8.19. The van der Waals surface area contributed by atoms with Crippen LogP contribution < -0.4 is 25.4 Å². The van der Waals surface area contributed by atoms with Gasteiger partial charge in [-0.15, -0.1) is 0 Å². The van der Waals surface area contributed by atoms with Crippen LogP contribution in [0.25, 0.3) is 22.2 Å². The maximum absolute atomic E-state index is 17.0. The Bertz CT molecular complexity index is 1690. The molecule has 3 N–H and O–H groups in total. The molecule has 1 aromatic carbocycles. The summed E-state index contributed by atoms with van der Waals surface area (Å²) in [5.41, 5.74) is 2.29. The van der Waals surface area contributed by atoms with E-state index in [0.29, 0.717) is 44.7 Å². The van der Waals surface area contributed by atoms with Crippen LogP contribution in [0.3, 0.4) is 0 Å². The number of benzene rings is 1. The molecule has 248 valence electrons. The van der Waals surface area contributed by atoms with Crippen molar-refractivity contribution in [3.05, 3.63) is 28.0 Å². The van der Waals surface area contributed by atoms with Gasteiger partial charge < -0.3 is 25.4 Å². The zero-order valence-electron chi connectivity index (χ0n) is 25.5. The van der Waals surface area contributed by atoms with E-state index >= 15 is 4.39 Å². The lowest BCUT2D eigenvalue weighted by Crippen LogP contribution is -2.43. The number of nitrogens with one attached hydrogen (secondary N) is 1. The minimum absolute atomic E-state index is 0.0000727. The first-order valence-corrected chi connectivity index (χ1v) is 15.9. The molecule has 7 rings (SSSR count). The van der Waals surface area contributed by atoms with E-state index in [1.807, 2.05) is 11.9 Å². The minimum Gasteiger partial charge on any atom is -0.488 e. The van der Waals surface area contributed by atoms with E-state index in [1.165, 1.54) is 6.92 Å². The molecule has 0 amide bonds. The Morgan fingerprint density at radius 2 is 2.04 bits per heavy atom. The third kappa shape index (κ3) is 5.16. The van der Waals surface area contributed by atoms with Crippen LogP contribution in [0.1, 0.15) is 49.7 Å². The third-order valence-electron chi connectivity index (χ3n) is 9.89. The van der Waals surface area contributed by atoms with Crippen LogP contribution in [0.15, 0.2) is 6.07 Å². The van der Waals surface area contributed by atoms with Gasteiger partial charge in [-0.2, -0.15) is 23.1 Å². The molecule has 0 spiro atoms. The third-order valence-corrected chi connectivity index (χ3v) is 10.2. The lowest BCUT2D eigenvalue weighted by Gasteiger charge is -2.34.